The molecule has 1 aromatic carbocycles. The molecule has 0 unspecified atom stereocenters. The normalized spacial score (nSPS) is 27.4. The fourth-order valence-electron chi connectivity index (χ4n) is 3.57. The summed E-state index contributed by atoms with van der Waals surface area (Å²) in [6, 6.07) is 6.54. The van der Waals surface area contributed by atoms with Gasteiger partial charge < -0.3 is 4.57 Å². The molecular weight excluding hydrogens is 222 g/mol. The zero-order valence-corrected chi connectivity index (χ0v) is 10.8. The summed E-state index contributed by atoms with van der Waals surface area (Å²) in [5, 5.41) is 0. The lowest BCUT2D eigenvalue weighted by atomic mass is 9.77. The van der Waals surface area contributed by atoms with Crippen molar-refractivity contribution >= 4 is 11.0 Å². The van der Waals surface area contributed by atoms with Crippen LogP contribution in [0.1, 0.15) is 18.4 Å². The van der Waals surface area contributed by atoms with Gasteiger partial charge in [-0.15, -0.1) is 0 Å². The third-order valence-corrected chi connectivity index (χ3v) is 4.79. The van der Waals surface area contributed by atoms with Gasteiger partial charge >= 0.3 is 0 Å². The first-order valence-corrected chi connectivity index (χ1v) is 6.92. The number of aromatic nitrogens is 2. The average molecular weight is 241 g/mol. The number of rotatable bonds is 2. The maximum absolute atomic E-state index is 4.55. The quantitative estimate of drug-likeness (QED) is 0.805. The topological polar surface area (TPSA) is 21.1 Å². The molecule has 1 aromatic heterocycles. The monoisotopic (exact) mass is 241 g/mol. The van der Waals surface area contributed by atoms with Crippen LogP contribution in [0.4, 0.5) is 0 Å². The van der Waals surface area contributed by atoms with Gasteiger partial charge in [-0.2, -0.15) is 0 Å². The summed E-state index contributed by atoms with van der Waals surface area (Å²) in [5.41, 5.74) is 3.81. The van der Waals surface area contributed by atoms with Crippen LogP contribution in [-0.4, -0.2) is 27.5 Å². The number of imidazole rings is 1. The first kappa shape index (κ1) is 10.6. The van der Waals surface area contributed by atoms with E-state index in [1.807, 2.05) is 6.33 Å². The summed E-state index contributed by atoms with van der Waals surface area (Å²) >= 11 is 0. The molecule has 2 aliphatic rings. The molecule has 0 N–H and O–H groups in total. The first-order chi connectivity index (χ1) is 8.81. The van der Waals surface area contributed by atoms with E-state index in [4.69, 9.17) is 0 Å². The van der Waals surface area contributed by atoms with E-state index in [-0.39, 0.29) is 0 Å². The van der Waals surface area contributed by atoms with Gasteiger partial charge in [-0.25, -0.2) is 4.98 Å². The van der Waals surface area contributed by atoms with Crippen molar-refractivity contribution in [3.05, 3.63) is 30.1 Å². The van der Waals surface area contributed by atoms with E-state index in [0.29, 0.717) is 0 Å². The van der Waals surface area contributed by atoms with Crippen LogP contribution in [0.3, 0.4) is 0 Å². The Kier molecular flexibility index (Phi) is 2.24. The maximum Gasteiger partial charge on any atom is 0.0955 e. The van der Waals surface area contributed by atoms with Crippen LogP contribution in [0.5, 0.6) is 0 Å². The Bertz CT molecular complexity index is 574. The molecule has 4 rings (SSSR count). The van der Waals surface area contributed by atoms with Crippen molar-refractivity contribution in [3.8, 4) is 0 Å². The van der Waals surface area contributed by atoms with Gasteiger partial charge in [0.1, 0.15) is 0 Å². The lowest BCUT2D eigenvalue weighted by Gasteiger charge is -2.28. The van der Waals surface area contributed by atoms with E-state index >= 15 is 0 Å². The smallest absolute Gasteiger partial charge is 0.0955 e. The molecule has 0 amide bonds. The van der Waals surface area contributed by atoms with Gasteiger partial charge in [-0.3, -0.25) is 4.90 Å². The van der Waals surface area contributed by atoms with Crippen LogP contribution in [0.15, 0.2) is 24.5 Å². The summed E-state index contributed by atoms with van der Waals surface area (Å²) in [5.74, 6) is 1.99. The zero-order chi connectivity index (χ0) is 12.1. The predicted molar refractivity (Wildman–Crippen MR) is 72.2 cm³/mol. The molecule has 1 saturated carbocycles. The molecule has 0 spiro atoms. The number of likely N-dealkylation sites (tertiary alicyclic amines) is 1. The highest BCUT2D eigenvalue weighted by Crippen LogP contribution is 2.40. The summed E-state index contributed by atoms with van der Waals surface area (Å²) < 4.78 is 2.10. The molecule has 0 bridgehead atoms. The van der Waals surface area contributed by atoms with Gasteiger partial charge in [0.05, 0.1) is 17.4 Å². The molecule has 3 nitrogen and oxygen atoms in total. The number of fused-ring (bicyclic) bond motifs is 2. The molecule has 2 aromatic rings. The molecule has 0 radical (unpaired) electrons. The molecule has 1 aliphatic heterocycles. The van der Waals surface area contributed by atoms with Crippen LogP contribution in [0, 0.1) is 11.8 Å². The second-order valence-corrected chi connectivity index (χ2v) is 5.93. The van der Waals surface area contributed by atoms with Crippen LogP contribution in [0.25, 0.3) is 11.0 Å². The largest absolute Gasteiger partial charge is 0.334 e. The van der Waals surface area contributed by atoms with Crippen LogP contribution in [0.2, 0.25) is 0 Å². The van der Waals surface area contributed by atoms with Gasteiger partial charge in [-0.1, -0.05) is 12.1 Å². The van der Waals surface area contributed by atoms with Gasteiger partial charge in [0, 0.05) is 26.7 Å². The molecule has 1 aliphatic carbocycles. The lowest BCUT2D eigenvalue weighted by Crippen LogP contribution is -2.22. The van der Waals surface area contributed by atoms with Crippen LogP contribution in [-0.2, 0) is 13.6 Å². The summed E-state index contributed by atoms with van der Waals surface area (Å²) in [7, 11) is 2.06. The van der Waals surface area contributed by atoms with E-state index in [9.17, 15) is 0 Å². The van der Waals surface area contributed by atoms with Gasteiger partial charge in [0.25, 0.3) is 0 Å². The SMILES string of the molecule is Cn1cnc2c(CN3C[C@H]4CC[C@H]4C3)cccc21. The van der Waals surface area contributed by atoms with Crippen molar-refractivity contribution in [2.75, 3.05) is 13.1 Å². The Hall–Kier alpha value is -1.35. The van der Waals surface area contributed by atoms with Crippen molar-refractivity contribution in [3.63, 3.8) is 0 Å². The molecule has 1 saturated heterocycles. The van der Waals surface area contributed by atoms with Crippen LogP contribution >= 0.6 is 0 Å². The van der Waals surface area contributed by atoms with E-state index < -0.39 is 0 Å². The number of benzene rings is 1. The van der Waals surface area contributed by atoms with Crippen molar-refractivity contribution in [1.82, 2.24) is 14.5 Å². The Labute approximate surface area is 107 Å². The summed E-state index contributed by atoms with van der Waals surface area (Å²) in [4.78, 5) is 7.17. The standard InChI is InChI=1S/C15H19N3/c1-17-10-16-15-13(3-2-4-14(15)17)9-18-7-11-5-6-12(11)8-18/h2-4,10-12H,5-9H2,1H3/t11-,12+. The number of aryl methyl sites for hydroxylation is 1. The van der Waals surface area contributed by atoms with E-state index in [1.54, 1.807) is 0 Å². The summed E-state index contributed by atoms with van der Waals surface area (Å²) in [6.45, 7) is 3.67. The molecule has 94 valence electrons. The Morgan fingerprint density at radius 3 is 2.72 bits per heavy atom. The molecule has 18 heavy (non-hydrogen) atoms. The second kappa shape index (κ2) is 3.82. The molecular formula is C15H19N3. The Morgan fingerprint density at radius 2 is 2.00 bits per heavy atom. The fourth-order valence-corrected chi connectivity index (χ4v) is 3.57. The highest BCUT2D eigenvalue weighted by Gasteiger charge is 2.38. The molecule has 3 heteroatoms. The minimum Gasteiger partial charge on any atom is -0.334 e. The van der Waals surface area contributed by atoms with Crippen LogP contribution < -0.4 is 0 Å². The van der Waals surface area contributed by atoms with Crippen molar-refractivity contribution in [1.29, 1.82) is 0 Å². The lowest BCUT2D eigenvalue weighted by molar-refractivity contribution is 0.243. The maximum atomic E-state index is 4.55. The summed E-state index contributed by atoms with van der Waals surface area (Å²) in [6.07, 6.45) is 4.83. The van der Waals surface area contributed by atoms with Crippen molar-refractivity contribution in [2.24, 2.45) is 18.9 Å². The minimum absolute atomic E-state index is 0.993. The Balaban J connectivity index is 1.62. The predicted octanol–water partition coefficient (Wildman–Crippen LogP) is 2.42. The number of hydrogen-bond acceptors (Lipinski definition) is 2. The van der Waals surface area contributed by atoms with Gasteiger partial charge in [0.2, 0.25) is 0 Å². The third kappa shape index (κ3) is 1.50. The van der Waals surface area contributed by atoms with E-state index in [2.05, 4.69) is 39.7 Å². The molecule has 2 atom stereocenters. The van der Waals surface area contributed by atoms with Gasteiger partial charge in [0.15, 0.2) is 0 Å². The molecule has 2 heterocycles. The van der Waals surface area contributed by atoms with E-state index in [0.717, 1.165) is 18.4 Å². The Morgan fingerprint density at radius 1 is 1.22 bits per heavy atom. The number of para-hydroxylation sites is 1. The third-order valence-electron chi connectivity index (χ3n) is 4.79. The van der Waals surface area contributed by atoms with Gasteiger partial charge in [-0.05, 0) is 36.3 Å². The minimum atomic E-state index is 0.993. The van der Waals surface area contributed by atoms with Crippen molar-refractivity contribution < 1.29 is 0 Å². The highest BCUT2D eigenvalue weighted by molar-refractivity contribution is 5.78. The number of hydrogen-bond donors (Lipinski definition) is 0. The van der Waals surface area contributed by atoms with E-state index in [1.165, 1.54) is 42.5 Å². The number of nitrogens with zero attached hydrogens (tertiary/aromatic N) is 3. The molecule has 2 fully saturated rings. The van der Waals surface area contributed by atoms with Crippen molar-refractivity contribution in [2.45, 2.75) is 19.4 Å². The average Bonchev–Trinajstić information content (AvgIpc) is 2.85. The fraction of sp³-hybridized carbons (Fsp3) is 0.533. The highest BCUT2D eigenvalue weighted by atomic mass is 15.2. The first-order valence-electron chi connectivity index (χ1n) is 6.92. The zero-order valence-electron chi connectivity index (χ0n) is 10.8. The second-order valence-electron chi connectivity index (χ2n) is 5.93.